The number of non-ortho nitro benzene ring substituents is 1. The van der Waals surface area contributed by atoms with Crippen LogP contribution in [0.2, 0.25) is 0 Å². The highest BCUT2D eigenvalue weighted by molar-refractivity contribution is 7.92. The number of aryl methyl sites for hydroxylation is 1. The molecule has 2 aromatic carbocycles. The fourth-order valence-corrected chi connectivity index (χ4v) is 3.80. The van der Waals surface area contributed by atoms with Gasteiger partial charge in [-0.15, -0.1) is 6.58 Å². The van der Waals surface area contributed by atoms with E-state index in [4.69, 9.17) is 4.74 Å². The van der Waals surface area contributed by atoms with Crippen LogP contribution in [0.5, 0.6) is 5.75 Å². The van der Waals surface area contributed by atoms with Gasteiger partial charge in [0.05, 0.1) is 29.2 Å². The summed E-state index contributed by atoms with van der Waals surface area (Å²) in [6, 6.07) is 10.1. The van der Waals surface area contributed by atoms with Crippen molar-refractivity contribution in [3.05, 3.63) is 70.8 Å². The van der Waals surface area contributed by atoms with Crippen molar-refractivity contribution in [1.29, 1.82) is 0 Å². The number of rotatable bonds is 7. The average Bonchev–Trinajstić information content (AvgIpc) is 2.59. The summed E-state index contributed by atoms with van der Waals surface area (Å²) in [5, 5.41) is 11.0. The maximum Gasteiger partial charge on any atom is 0.270 e. The Kier molecular flexibility index (Phi) is 5.43. The number of nitro groups is 1. The van der Waals surface area contributed by atoms with Gasteiger partial charge in [0, 0.05) is 12.1 Å². The van der Waals surface area contributed by atoms with Crippen LogP contribution in [0.4, 0.5) is 11.4 Å². The summed E-state index contributed by atoms with van der Waals surface area (Å²) in [7, 11) is -2.60. The number of nitro benzene ring substituents is 1. The van der Waals surface area contributed by atoms with Gasteiger partial charge >= 0.3 is 0 Å². The highest BCUT2D eigenvalue weighted by Crippen LogP contribution is 2.33. The highest BCUT2D eigenvalue weighted by Gasteiger charge is 2.28. The molecule has 7 nitrogen and oxygen atoms in total. The van der Waals surface area contributed by atoms with Crippen molar-refractivity contribution >= 4 is 21.4 Å². The molecule has 0 aliphatic heterocycles. The van der Waals surface area contributed by atoms with E-state index in [-0.39, 0.29) is 17.1 Å². The molecule has 0 saturated heterocycles. The quantitative estimate of drug-likeness (QED) is 0.428. The fourth-order valence-electron chi connectivity index (χ4n) is 2.32. The van der Waals surface area contributed by atoms with Crippen LogP contribution in [-0.4, -0.2) is 27.0 Å². The number of anilines is 1. The Hall–Kier alpha value is -2.87. The Bertz CT molecular complexity index is 909. The van der Waals surface area contributed by atoms with Crippen molar-refractivity contribution < 1.29 is 18.1 Å². The van der Waals surface area contributed by atoms with Crippen LogP contribution in [0.15, 0.2) is 60.0 Å². The zero-order chi connectivity index (χ0) is 18.6. The van der Waals surface area contributed by atoms with Gasteiger partial charge < -0.3 is 4.74 Å². The van der Waals surface area contributed by atoms with E-state index < -0.39 is 14.9 Å². The Morgan fingerprint density at radius 2 is 2.00 bits per heavy atom. The molecule has 0 N–H and O–H groups in total. The number of benzene rings is 2. The SMILES string of the molecule is C=CCN(c1cc(C)ccc1OC)S(=O)(=O)c1cccc([N+](=O)[O-])c1. The van der Waals surface area contributed by atoms with E-state index in [2.05, 4.69) is 6.58 Å². The van der Waals surface area contributed by atoms with E-state index in [9.17, 15) is 18.5 Å². The molecule has 0 radical (unpaired) electrons. The minimum Gasteiger partial charge on any atom is -0.495 e. The van der Waals surface area contributed by atoms with Gasteiger partial charge in [-0.05, 0) is 30.7 Å². The lowest BCUT2D eigenvalue weighted by atomic mass is 10.2. The molecule has 0 unspecified atom stereocenters. The van der Waals surface area contributed by atoms with Crippen LogP contribution in [0, 0.1) is 17.0 Å². The van der Waals surface area contributed by atoms with Crippen molar-refractivity contribution in [3.8, 4) is 5.75 Å². The van der Waals surface area contributed by atoms with Crippen LogP contribution < -0.4 is 9.04 Å². The number of nitrogens with zero attached hydrogens (tertiary/aromatic N) is 2. The van der Waals surface area contributed by atoms with Gasteiger partial charge in [0.25, 0.3) is 15.7 Å². The second-order valence-corrected chi connectivity index (χ2v) is 7.12. The Morgan fingerprint density at radius 3 is 2.60 bits per heavy atom. The molecule has 0 aliphatic carbocycles. The summed E-state index contributed by atoms with van der Waals surface area (Å²) in [4.78, 5) is 10.1. The Morgan fingerprint density at radius 1 is 1.28 bits per heavy atom. The predicted molar refractivity (Wildman–Crippen MR) is 95.6 cm³/mol. The lowest BCUT2D eigenvalue weighted by Gasteiger charge is -2.25. The Labute approximate surface area is 146 Å². The monoisotopic (exact) mass is 362 g/mol. The van der Waals surface area contributed by atoms with E-state index in [1.54, 1.807) is 18.2 Å². The third-order valence-electron chi connectivity index (χ3n) is 3.51. The van der Waals surface area contributed by atoms with Crippen molar-refractivity contribution in [1.82, 2.24) is 0 Å². The smallest absolute Gasteiger partial charge is 0.270 e. The lowest BCUT2D eigenvalue weighted by Crippen LogP contribution is -2.31. The highest BCUT2D eigenvalue weighted by atomic mass is 32.2. The largest absolute Gasteiger partial charge is 0.495 e. The maximum atomic E-state index is 13.1. The van der Waals surface area contributed by atoms with Gasteiger partial charge in [-0.2, -0.15) is 0 Å². The summed E-state index contributed by atoms with van der Waals surface area (Å²) >= 11 is 0. The van der Waals surface area contributed by atoms with E-state index in [1.165, 1.54) is 31.4 Å². The number of ether oxygens (including phenoxy) is 1. The van der Waals surface area contributed by atoms with E-state index in [0.717, 1.165) is 15.9 Å². The summed E-state index contributed by atoms with van der Waals surface area (Å²) in [5.41, 5.74) is 0.892. The van der Waals surface area contributed by atoms with Crippen LogP contribution in [0.1, 0.15) is 5.56 Å². The molecule has 2 aromatic rings. The topological polar surface area (TPSA) is 89.8 Å². The summed E-state index contributed by atoms with van der Waals surface area (Å²) in [6.07, 6.45) is 1.44. The molecule has 2 rings (SSSR count). The lowest BCUT2D eigenvalue weighted by molar-refractivity contribution is -0.385. The van der Waals surface area contributed by atoms with Crippen molar-refractivity contribution in [2.45, 2.75) is 11.8 Å². The second kappa shape index (κ2) is 7.35. The summed E-state index contributed by atoms with van der Waals surface area (Å²) < 4.78 is 32.5. The van der Waals surface area contributed by atoms with Gasteiger partial charge in [0.1, 0.15) is 5.75 Å². The maximum absolute atomic E-state index is 13.1. The number of hydrogen-bond donors (Lipinski definition) is 0. The normalized spacial score (nSPS) is 11.0. The zero-order valence-electron chi connectivity index (χ0n) is 13.9. The molecule has 0 aliphatic rings. The minimum atomic E-state index is -4.04. The van der Waals surface area contributed by atoms with Gasteiger partial charge in [-0.3, -0.25) is 14.4 Å². The molecule has 0 fully saturated rings. The van der Waals surface area contributed by atoms with E-state index in [1.807, 2.05) is 6.92 Å². The predicted octanol–water partition coefficient (Wildman–Crippen LogP) is 3.29. The van der Waals surface area contributed by atoms with Crippen LogP contribution >= 0.6 is 0 Å². The first-order valence-electron chi connectivity index (χ1n) is 7.34. The Balaban J connectivity index is 2.64. The molecule has 0 heterocycles. The van der Waals surface area contributed by atoms with Crippen molar-refractivity contribution in [2.24, 2.45) is 0 Å². The summed E-state index contributed by atoms with van der Waals surface area (Å²) in [6.45, 7) is 5.42. The van der Waals surface area contributed by atoms with Gasteiger partial charge in [0.15, 0.2) is 0 Å². The molecular formula is C17H18N2O5S. The molecule has 0 atom stereocenters. The van der Waals surface area contributed by atoms with Crippen molar-refractivity contribution in [2.75, 3.05) is 18.0 Å². The van der Waals surface area contributed by atoms with Crippen molar-refractivity contribution in [3.63, 3.8) is 0 Å². The second-order valence-electron chi connectivity index (χ2n) is 5.25. The first kappa shape index (κ1) is 18.5. The first-order chi connectivity index (χ1) is 11.8. The van der Waals surface area contributed by atoms with Gasteiger partial charge in [-0.1, -0.05) is 18.2 Å². The molecule has 8 heteroatoms. The number of methoxy groups -OCH3 is 1. The molecule has 0 spiro atoms. The van der Waals surface area contributed by atoms with Gasteiger partial charge in [0.2, 0.25) is 0 Å². The fraction of sp³-hybridized carbons (Fsp3) is 0.176. The summed E-state index contributed by atoms with van der Waals surface area (Å²) in [5.74, 6) is 0.376. The molecule has 25 heavy (non-hydrogen) atoms. The van der Waals surface area contributed by atoms with E-state index >= 15 is 0 Å². The number of hydrogen-bond acceptors (Lipinski definition) is 5. The van der Waals surface area contributed by atoms with Crippen LogP contribution in [-0.2, 0) is 10.0 Å². The first-order valence-corrected chi connectivity index (χ1v) is 8.78. The van der Waals surface area contributed by atoms with Crippen LogP contribution in [0.3, 0.4) is 0 Å². The molecule has 0 saturated carbocycles. The molecule has 0 bridgehead atoms. The molecule has 0 amide bonds. The number of sulfonamides is 1. The third-order valence-corrected chi connectivity index (χ3v) is 5.29. The minimum absolute atomic E-state index is 0.00909. The third kappa shape index (κ3) is 3.80. The van der Waals surface area contributed by atoms with Gasteiger partial charge in [-0.25, -0.2) is 8.42 Å². The van der Waals surface area contributed by atoms with E-state index in [0.29, 0.717) is 11.4 Å². The molecule has 0 aromatic heterocycles. The zero-order valence-corrected chi connectivity index (χ0v) is 14.7. The average molecular weight is 362 g/mol. The van der Waals surface area contributed by atoms with Crippen LogP contribution in [0.25, 0.3) is 0 Å². The molecule has 132 valence electrons. The standard InChI is InChI=1S/C17H18N2O5S/c1-4-10-18(16-11-13(2)8-9-17(16)24-3)25(22,23)15-7-5-6-14(12-15)19(20)21/h4-9,11-12H,1,10H2,2-3H3. The molecular weight excluding hydrogens is 344 g/mol.